The summed E-state index contributed by atoms with van der Waals surface area (Å²) in [5.74, 6) is 2.30. The van der Waals surface area contributed by atoms with E-state index >= 15 is 0 Å². The van der Waals surface area contributed by atoms with Gasteiger partial charge in [-0.25, -0.2) is 0 Å². The fourth-order valence-corrected chi connectivity index (χ4v) is 3.54. The standard InChI is InChI=1S/C22H27NO4/c1-15(2)27-17-9-7-16(8-10-17)22(24)23-13-5-6-20(23)19-12-11-18(25-3)14-21(19)26-4/h7-12,14-15,20H,5-6,13H2,1-4H3. The molecule has 5 heteroatoms. The van der Waals surface area contributed by atoms with Crippen LogP contribution in [0, 0.1) is 0 Å². The maximum absolute atomic E-state index is 13.1. The first-order valence-corrected chi connectivity index (χ1v) is 9.33. The third-order valence-corrected chi connectivity index (χ3v) is 4.79. The van der Waals surface area contributed by atoms with Crippen LogP contribution in [0.25, 0.3) is 0 Å². The molecule has 1 aliphatic rings. The second-order valence-corrected chi connectivity index (χ2v) is 6.96. The number of amides is 1. The molecule has 0 radical (unpaired) electrons. The third-order valence-electron chi connectivity index (χ3n) is 4.79. The van der Waals surface area contributed by atoms with E-state index < -0.39 is 0 Å². The molecule has 1 fully saturated rings. The van der Waals surface area contributed by atoms with Gasteiger partial charge in [-0.15, -0.1) is 0 Å². The number of hydrogen-bond acceptors (Lipinski definition) is 4. The first kappa shape index (κ1) is 19.1. The molecule has 0 N–H and O–H groups in total. The monoisotopic (exact) mass is 369 g/mol. The number of rotatable bonds is 6. The van der Waals surface area contributed by atoms with E-state index in [0.29, 0.717) is 5.56 Å². The molecule has 0 aromatic heterocycles. The van der Waals surface area contributed by atoms with Crippen LogP contribution in [0.15, 0.2) is 42.5 Å². The van der Waals surface area contributed by atoms with Crippen LogP contribution >= 0.6 is 0 Å². The van der Waals surface area contributed by atoms with Crippen molar-refractivity contribution in [2.75, 3.05) is 20.8 Å². The van der Waals surface area contributed by atoms with Gasteiger partial charge in [-0.05, 0) is 63.1 Å². The molecule has 2 aromatic carbocycles. The van der Waals surface area contributed by atoms with Crippen molar-refractivity contribution in [1.82, 2.24) is 4.90 Å². The topological polar surface area (TPSA) is 48.0 Å². The Morgan fingerprint density at radius 1 is 1.04 bits per heavy atom. The molecule has 1 unspecified atom stereocenters. The molecule has 0 saturated carbocycles. The smallest absolute Gasteiger partial charge is 0.254 e. The van der Waals surface area contributed by atoms with Gasteiger partial charge in [-0.1, -0.05) is 0 Å². The van der Waals surface area contributed by atoms with E-state index in [2.05, 4.69) is 0 Å². The highest BCUT2D eigenvalue weighted by atomic mass is 16.5. The summed E-state index contributed by atoms with van der Waals surface area (Å²) in [4.78, 5) is 15.0. The first-order chi connectivity index (χ1) is 13.0. The quantitative estimate of drug-likeness (QED) is 0.754. The Kier molecular flexibility index (Phi) is 5.89. The van der Waals surface area contributed by atoms with E-state index in [1.807, 2.05) is 61.2 Å². The van der Waals surface area contributed by atoms with Crippen LogP contribution in [0.1, 0.15) is 48.7 Å². The molecule has 3 rings (SSSR count). The minimum Gasteiger partial charge on any atom is -0.497 e. The molecule has 27 heavy (non-hydrogen) atoms. The average Bonchev–Trinajstić information content (AvgIpc) is 3.16. The molecule has 0 bridgehead atoms. The van der Waals surface area contributed by atoms with Crippen LogP contribution in [0.2, 0.25) is 0 Å². The Morgan fingerprint density at radius 2 is 1.74 bits per heavy atom. The zero-order chi connectivity index (χ0) is 19.4. The van der Waals surface area contributed by atoms with Crippen molar-refractivity contribution in [2.45, 2.75) is 38.8 Å². The lowest BCUT2D eigenvalue weighted by Crippen LogP contribution is -2.30. The largest absolute Gasteiger partial charge is 0.497 e. The van der Waals surface area contributed by atoms with Crippen molar-refractivity contribution in [2.24, 2.45) is 0 Å². The van der Waals surface area contributed by atoms with Crippen LogP contribution in [0.5, 0.6) is 17.2 Å². The molecule has 2 aromatic rings. The Morgan fingerprint density at radius 3 is 2.37 bits per heavy atom. The number of methoxy groups -OCH3 is 2. The number of carbonyl (C=O) groups is 1. The molecule has 144 valence electrons. The van der Waals surface area contributed by atoms with Gasteiger partial charge in [-0.2, -0.15) is 0 Å². The van der Waals surface area contributed by atoms with Crippen molar-refractivity contribution >= 4 is 5.91 Å². The van der Waals surface area contributed by atoms with E-state index in [1.165, 1.54) is 0 Å². The van der Waals surface area contributed by atoms with Gasteiger partial charge in [0.1, 0.15) is 17.2 Å². The lowest BCUT2D eigenvalue weighted by atomic mass is 10.0. The number of hydrogen-bond donors (Lipinski definition) is 0. The highest BCUT2D eigenvalue weighted by Crippen LogP contribution is 2.39. The molecule has 0 spiro atoms. The van der Waals surface area contributed by atoms with Crippen molar-refractivity contribution in [3.8, 4) is 17.2 Å². The van der Waals surface area contributed by atoms with Gasteiger partial charge >= 0.3 is 0 Å². The second kappa shape index (κ2) is 8.33. The van der Waals surface area contributed by atoms with E-state index in [1.54, 1.807) is 14.2 Å². The Hall–Kier alpha value is -2.69. The first-order valence-electron chi connectivity index (χ1n) is 9.33. The number of benzene rings is 2. The van der Waals surface area contributed by atoms with Gasteiger partial charge in [0.15, 0.2) is 0 Å². The van der Waals surface area contributed by atoms with Gasteiger partial charge < -0.3 is 19.1 Å². The predicted molar refractivity (Wildman–Crippen MR) is 105 cm³/mol. The molecule has 1 heterocycles. The van der Waals surface area contributed by atoms with E-state index in [0.717, 1.165) is 42.2 Å². The minimum atomic E-state index is 0.00458. The Balaban J connectivity index is 1.83. The zero-order valence-electron chi connectivity index (χ0n) is 16.4. The highest BCUT2D eigenvalue weighted by Gasteiger charge is 2.32. The fraction of sp³-hybridized carbons (Fsp3) is 0.409. The van der Waals surface area contributed by atoms with Crippen LogP contribution in [-0.4, -0.2) is 37.7 Å². The second-order valence-electron chi connectivity index (χ2n) is 6.96. The lowest BCUT2D eigenvalue weighted by Gasteiger charge is -2.26. The molecule has 0 aliphatic carbocycles. The van der Waals surface area contributed by atoms with Crippen LogP contribution in [0.4, 0.5) is 0 Å². The number of carbonyl (C=O) groups excluding carboxylic acids is 1. The summed E-state index contributed by atoms with van der Waals surface area (Å²) in [5, 5.41) is 0. The van der Waals surface area contributed by atoms with Gasteiger partial charge in [0.2, 0.25) is 0 Å². The molecule has 1 saturated heterocycles. The summed E-state index contributed by atoms with van der Waals surface area (Å²) in [6.07, 6.45) is 2.00. The van der Waals surface area contributed by atoms with Gasteiger partial charge in [-0.3, -0.25) is 4.79 Å². The average molecular weight is 369 g/mol. The van der Waals surface area contributed by atoms with Gasteiger partial charge in [0.05, 0.1) is 26.4 Å². The van der Waals surface area contributed by atoms with E-state index in [4.69, 9.17) is 14.2 Å². The fourth-order valence-electron chi connectivity index (χ4n) is 3.54. The van der Waals surface area contributed by atoms with Crippen molar-refractivity contribution < 1.29 is 19.0 Å². The summed E-state index contributed by atoms with van der Waals surface area (Å²) < 4.78 is 16.5. The summed E-state index contributed by atoms with van der Waals surface area (Å²) in [7, 11) is 3.28. The van der Waals surface area contributed by atoms with E-state index in [-0.39, 0.29) is 18.1 Å². The summed E-state index contributed by atoms with van der Waals surface area (Å²) in [6.45, 7) is 4.70. The third kappa shape index (κ3) is 4.18. The highest BCUT2D eigenvalue weighted by molar-refractivity contribution is 5.94. The van der Waals surface area contributed by atoms with Crippen molar-refractivity contribution in [3.05, 3.63) is 53.6 Å². The van der Waals surface area contributed by atoms with Crippen LogP contribution in [0.3, 0.4) is 0 Å². The SMILES string of the molecule is COc1ccc(C2CCCN2C(=O)c2ccc(OC(C)C)cc2)c(OC)c1. The van der Waals surface area contributed by atoms with Crippen molar-refractivity contribution in [1.29, 1.82) is 0 Å². The number of likely N-dealkylation sites (tertiary alicyclic amines) is 1. The van der Waals surface area contributed by atoms with Gasteiger partial charge in [0, 0.05) is 23.7 Å². The van der Waals surface area contributed by atoms with Gasteiger partial charge in [0.25, 0.3) is 5.91 Å². The maximum Gasteiger partial charge on any atom is 0.254 e. The van der Waals surface area contributed by atoms with Crippen LogP contribution < -0.4 is 14.2 Å². The molecule has 5 nitrogen and oxygen atoms in total. The van der Waals surface area contributed by atoms with E-state index in [9.17, 15) is 4.79 Å². The van der Waals surface area contributed by atoms with Crippen LogP contribution in [-0.2, 0) is 0 Å². The number of nitrogens with zero attached hydrogens (tertiary/aromatic N) is 1. The molecule has 1 amide bonds. The van der Waals surface area contributed by atoms with Crippen molar-refractivity contribution in [3.63, 3.8) is 0 Å². The summed E-state index contributed by atoms with van der Waals surface area (Å²) >= 11 is 0. The molecular formula is C22H27NO4. The normalized spacial score (nSPS) is 16.5. The summed E-state index contributed by atoms with van der Waals surface area (Å²) in [5.41, 5.74) is 1.69. The molecule has 1 aliphatic heterocycles. The summed E-state index contributed by atoms with van der Waals surface area (Å²) in [6, 6.07) is 13.2. The number of ether oxygens (including phenoxy) is 3. The Bertz CT molecular complexity index is 785. The molecule has 1 atom stereocenters. The minimum absolute atomic E-state index is 0.00458. The lowest BCUT2D eigenvalue weighted by molar-refractivity contribution is 0.0734. The Labute approximate surface area is 160 Å². The predicted octanol–water partition coefficient (Wildman–Crippen LogP) is 4.47. The molecular weight excluding hydrogens is 342 g/mol. The maximum atomic E-state index is 13.1. The zero-order valence-corrected chi connectivity index (χ0v) is 16.4.